The Balaban J connectivity index is 2.22. The molecule has 104 valence electrons. The van der Waals surface area contributed by atoms with Crippen LogP contribution in [0.2, 0.25) is 0 Å². The second-order valence-electron chi connectivity index (χ2n) is 5.43. The van der Waals surface area contributed by atoms with E-state index in [9.17, 15) is 0 Å². The quantitative estimate of drug-likeness (QED) is 0.783. The Labute approximate surface area is 120 Å². The van der Waals surface area contributed by atoms with Crippen LogP contribution in [-0.2, 0) is 0 Å². The molecule has 1 aliphatic carbocycles. The minimum Gasteiger partial charge on any atom is -0.389 e. The molecule has 0 saturated heterocycles. The van der Waals surface area contributed by atoms with Crippen LogP contribution in [0.4, 0.5) is 5.82 Å². The third kappa shape index (κ3) is 3.41. The van der Waals surface area contributed by atoms with Crippen molar-refractivity contribution < 1.29 is 0 Å². The Hall–Kier alpha value is -1.23. The molecule has 1 fully saturated rings. The Morgan fingerprint density at radius 2 is 2.11 bits per heavy atom. The highest BCUT2D eigenvalue weighted by molar-refractivity contribution is 7.80. The minimum absolute atomic E-state index is 0.388. The van der Waals surface area contributed by atoms with E-state index in [0.29, 0.717) is 11.0 Å². The van der Waals surface area contributed by atoms with Crippen molar-refractivity contribution in [3.05, 3.63) is 16.8 Å². The van der Waals surface area contributed by atoms with Crippen molar-refractivity contribution in [1.29, 1.82) is 0 Å². The van der Waals surface area contributed by atoms with Gasteiger partial charge in [-0.25, -0.2) is 0 Å². The number of nitrogens with zero attached hydrogens (tertiary/aromatic N) is 2. The molecule has 0 radical (unpaired) electrons. The Bertz CT molecular complexity index is 483. The van der Waals surface area contributed by atoms with Gasteiger partial charge < -0.3 is 11.1 Å². The fraction of sp³-hybridized carbons (Fsp3) is 0.643. The van der Waals surface area contributed by atoms with Gasteiger partial charge in [-0.1, -0.05) is 32.0 Å². The summed E-state index contributed by atoms with van der Waals surface area (Å²) < 4.78 is 0. The third-order valence-electron chi connectivity index (χ3n) is 3.85. The van der Waals surface area contributed by atoms with Gasteiger partial charge in [0.1, 0.15) is 4.99 Å². The molecule has 0 aliphatic heterocycles. The first kappa shape index (κ1) is 14.2. The van der Waals surface area contributed by atoms with Gasteiger partial charge in [0.15, 0.2) is 5.82 Å². The molecule has 1 aromatic heterocycles. The standard InChI is InChI=1S/C14H22N4S/c1-4-11(7-10-5-6-10)16-14-12(13(15)19)8(2)9(3)17-18-14/h10-11H,4-7H2,1-3H3,(H2,15,19)(H,16,18). The van der Waals surface area contributed by atoms with E-state index in [2.05, 4.69) is 22.4 Å². The first-order valence-electron chi connectivity index (χ1n) is 6.93. The average Bonchev–Trinajstić information content (AvgIpc) is 3.16. The fourth-order valence-electron chi connectivity index (χ4n) is 2.29. The molecule has 0 bridgehead atoms. The maximum Gasteiger partial charge on any atom is 0.159 e. The van der Waals surface area contributed by atoms with Gasteiger partial charge in [-0.05, 0) is 38.2 Å². The van der Waals surface area contributed by atoms with E-state index in [1.54, 1.807) is 0 Å². The largest absolute Gasteiger partial charge is 0.389 e. The normalized spacial score (nSPS) is 16.2. The molecule has 1 saturated carbocycles. The maximum atomic E-state index is 5.84. The lowest BCUT2D eigenvalue weighted by atomic mass is 10.1. The zero-order valence-corrected chi connectivity index (χ0v) is 12.7. The molecule has 0 spiro atoms. The van der Waals surface area contributed by atoms with Gasteiger partial charge in [0.05, 0.1) is 11.3 Å². The van der Waals surface area contributed by atoms with E-state index < -0.39 is 0 Å². The van der Waals surface area contributed by atoms with E-state index in [0.717, 1.165) is 35.0 Å². The van der Waals surface area contributed by atoms with Gasteiger partial charge in [0.25, 0.3) is 0 Å². The number of aryl methyl sites for hydroxylation is 1. The summed E-state index contributed by atoms with van der Waals surface area (Å²) in [4.78, 5) is 0.388. The number of nitrogens with two attached hydrogens (primary N) is 1. The molecular formula is C14H22N4S. The zero-order chi connectivity index (χ0) is 14.0. The van der Waals surface area contributed by atoms with Gasteiger partial charge in [-0.15, -0.1) is 5.10 Å². The van der Waals surface area contributed by atoms with Gasteiger partial charge in [-0.2, -0.15) is 5.10 Å². The van der Waals surface area contributed by atoms with Crippen LogP contribution in [0.3, 0.4) is 0 Å². The summed E-state index contributed by atoms with van der Waals surface area (Å²) in [7, 11) is 0. The zero-order valence-electron chi connectivity index (χ0n) is 11.9. The monoisotopic (exact) mass is 278 g/mol. The highest BCUT2D eigenvalue weighted by Crippen LogP contribution is 2.35. The van der Waals surface area contributed by atoms with Crippen LogP contribution < -0.4 is 11.1 Å². The number of hydrogen-bond acceptors (Lipinski definition) is 4. The van der Waals surface area contributed by atoms with E-state index in [-0.39, 0.29) is 0 Å². The topological polar surface area (TPSA) is 63.8 Å². The maximum absolute atomic E-state index is 5.84. The van der Waals surface area contributed by atoms with Crippen LogP contribution in [0.25, 0.3) is 0 Å². The molecule has 1 aromatic rings. The number of rotatable bonds is 6. The fourth-order valence-corrected chi connectivity index (χ4v) is 2.54. The van der Waals surface area contributed by atoms with Gasteiger partial charge >= 0.3 is 0 Å². The first-order valence-corrected chi connectivity index (χ1v) is 7.34. The van der Waals surface area contributed by atoms with Crippen molar-refractivity contribution in [2.24, 2.45) is 11.7 Å². The number of hydrogen-bond donors (Lipinski definition) is 2. The minimum atomic E-state index is 0.388. The van der Waals surface area contributed by atoms with Crippen molar-refractivity contribution in [2.45, 2.75) is 52.5 Å². The summed E-state index contributed by atoms with van der Waals surface area (Å²) >= 11 is 5.16. The SMILES string of the molecule is CCC(CC1CC1)Nc1nnc(C)c(C)c1C(N)=S. The molecule has 0 amide bonds. The van der Waals surface area contributed by atoms with E-state index >= 15 is 0 Å². The van der Waals surface area contributed by atoms with Crippen LogP contribution in [0.5, 0.6) is 0 Å². The van der Waals surface area contributed by atoms with Gasteiger partial charge in [0, 0.05) is 6.04 Å². The van der Waals surface area contributed by atoms with Crippen LogP contribution >= 0.6 is 12.2 Å². The summed E-state index contributed by atoms with van der Waals surface area (Å²) in [5.41, 5.74) is 8.58. The number of nitrogens with one attached hydrogen (secondary N) is 1. The Kier molecular flexibility index (Phi) is 4.34. The second kappa shape index (κ2) is 5.82. The highest BCUT2D eigenvalue weighted by atomic mass is 32.1. The number of thiocarbonyl (C=S) groups is 1. The molecule has 4 nitrogen and oxygen atoms in total. The molecule has 1 unspecified atom stereocenters. The molecule has 1 atom stereocenters. The van der Waals surface area contributed by atoms with Crippen molar-refractivity contribution in [3.63, 3.8) is 0 Å². The third-order valence-corrected chi connectivity index (χ3v) is 4.05. The molecular weight excluding hydrogens is 256 g/mol. The van der Waals surface area contributed by atoms with Gasteiger partial charge in [-0.3, -0.25) is 0 Å². The number of aromatic nitrogens is 2. The lowest BCUT2D eigenvalue weighted by molar-refractivity contribution is 0.584. The van der Waals surface area contributed by atoms with Crippen LogP contribution in [-0.4, -0.2) is 21.2 Å². The molecule has 2 rings (SSSR count). The summed E-state index contributed by atoms with van der Waals surface area (Å²) in [6.45, 7) is 6.11. The summed E-state index contributed by atoms with van der Waals surface area (Å²) in [6, 6.07) is 0.428. The van der Waals surface area contributed by atoms with Crippen molar-refractivity contribution in [1.82, 2.24) is 10.2 Å². The van der Waals surface area contributed by atoms with E-state index in [4.69, 9.17) is 18.0 Å². The van der Waals surface area contributed by atoms with Crippen molar-refractivity contribution >= 4 is 23.0 Å². The molecule has 0 aromatic carbocycles. The van der Waals surface area contributed by atoms with Crippen molar-refractivity contribution in [3.8, 4) is 0 Å². The molecule has 1 aliphatic rings. The smallest absolute Gasteiger partial charge is 0.159 e. The van der Waals surface area contributed by atoms with Crippen molar-refractivity contribution in [2.75, 3.05) is 5.32 Å². The Morgan fingerprint density at radius 1 is 1.42 bits per heavy atom. The summed E-state index contributed by atoms with van der Waals surface area (Å²) in [5, 5.41) is 11.9. The summed E-state index contributed by atoms with van der Waals surface area (Å²) in [6.07, 6.45) is 4.99. The Morgan fingerprint density at radius 3 is 2.63 bits per heavy atom. The summed E-state index contributed by atoms with van der Waals surface area (Å²) in [5.74, 6) is 1.62. The first-order chi connectivity index (χ1) is 9.02. The van der Waals surface area contributed by atoms with Crippen LogP contribution in [0, 0.1) is 19.8 Å². The highest BCUT2D eigenvalue weighted by Gasteiger charge is 2.25. The number of anilines is 1. The predicted octanol–water partition coefficient (Wildman–Crippen LogP) is 2.72. The predicted molar refractivity (Wildman–Crippen MR) is 82.4 cm³/mol. The lowest BCUT2D eigenvalue weighted by Crippen LogP contribution is -2.24. The van der Waals surface area contributed by atoms with E-state index in [1.807, 2.05) is 13.8 Å². The van der Waals surface area contributed by atoms with Gasteiger partial charge in [0.2, 0.25) is 0 Å². The van der Waals surface area contributed by atoms with Crippen LogP contribution in [0.15, 0.2) is 0 Å². The molecule has 19 heavy (non-hydrogen) atoms. The molecule has 1 heterocycles. The molecule has 5 heteroatoms. The second-order valence-corrected chi connectivity index (χ2v) is 5.87. The van der Waals surface area contributed by atoms with E-state index in [1.165, 1.54) is 19.3 Å². The average molecular weight is 278 g/mol. The lowest BCUT2D eigenvalue weighted by Gasteiger charge is -2.20. The molecule has 3 N–H and O–H groups in total. The van der Waals surface area contributed by atoms with Crippen LogP contribution in [0.1, 0.15) is 49.4 Å².